The van der Waals surface area contributed by atoms with Gasteiger partial charge < -0.3 is 4.48 Å². The van der Waals surface area contributed by atoms with Gasteiger partial charge in [0.15, 0.2) is 0 Å². The zero-order chi connectivity index (χ0) is 7.33. The summed E-state index contributed by atoms with van der Waals surface area (Å²) in [5, 5.41) is 3.16. The minimum atomic E-state index is 1.06. The van der Waals surface area contributed by atoms with E-state index in [2.05, 4.69) is 26.3 Å². The number of quaternary nitrogens is 1. The molecule has 0 aromatic heterocycles. The molecule has 2 nitrogen and oxygen atoms in total. The summed E-state index contributed by atoms with van der Waals surface area (Å²) in [6.07, 6.45) is 1.26. The Balaban J connectivity index is 3.43. The van der Waals surface area contributed by atoms with Gasteiger partial charge in [0.1, 0.15) is 6.67 Å². The molecule has 0 unspecified atom stereocenters. The first-order chi connectivity index (χ1) is 4.12. The normalized spacial score (nSPS) is 12.0. The quantitative estimate of drug-likeness (QED) is 0.436. The van der Waals surface area contributed by atoms with Crippen LogP contribution in [0.25, 0.3) is 0 Å². The van der Waals surface area contributed by atoms with E-state index in [4.69, 9.17) is 0 Å². The third-order valence-corrected chi connectivity index (χ3v) is 1.42. The molecule has 0 rings (SSSR count). The second kappa shape index (κ2) is 3.85. The fourth-order valence-electron chi connectivity index (χ4n) is 1.11. The maximum absolute atomic E-state index is 3.16. The highest BCUT2D eigenvalue weighted by molar-refractivity contribution is 4.27. The van der Waals surface area contributed by atoms with Gasteiger partial charge in [0, 0.05) is 0 Å². The molecule has 0 atom stereocenters. The van der Waals surface area contributed by atoms with Gasteiger partial charge in [0.2, 0.25) is 0 Å². The summed E-state index contributed by atoms with van der Waals surface area (Å²) in [7, 11) is 6.47. The molecule has 0 fully saturated rings. The molecule has 0 amide bonds. The molecule has 56 valence electrons. The van der Waals surface area contributed by atoms with Crippen LogP contribution < -0.4 is 5.32 Å². The van der Waals surface area contributed by atoms with Crippen molar-refractivity contribution in [1.82, 2.24) is 5.32 Å². The molecule has 0 bridgehead atoms. The van der Waals surface area contributed by atoms with E-state index in [0.29, 0.717) is 0 Å². The summed E-state index contributed by atoms with van der Waals surface area (Å²) in [6, 6.07) is 0. The van der Waals surface area contributed by atoms with Crippen molar-refractivity contribution in [3.05, 3.63) is 0 Å². The molecular weight excluding hydrogens is 112 g/mol. The molecule has 0 aliphatic carbocycles. The average molecular weight is 131 g/mol. The van der Waals surface area contributed by atoms with E-state index >= 15 is 0 Å². The molecule has 0 aliphatic heterocycles. The molecule has 0 heterocycles. The van der Waals surface area contributed by atoms with Gasteiger partial charge in [-0.2, -0.15) is 0 Å². The van der Waals surface area contributed by atoms with Gasteiger partial charge in [-0.3, -0.25) is 5.32 Å². The van der Waals surface area contributed by atoms with E-state index in [1.165, 1.54) is 13.0 Å². The van der Waals surface area contributed by atoms with Crippen molar-refractivity contribution in [1.29, 1.82) is 0 Å². The Morgan fingerprint density at radius 2 is 1.89 bits per heavy atom. The van der Waals surface area contributed by atoms with Crippen LogP contribution in [-0.2, 0) is 0 Å². The first kappa shape index (κ1) is 8.92. The zero-order valence-corrected chi connectivity index (χ0v) is 7.07. The van der Waals surface area contributed by atoms with Crippen LogP contribution in [0.15, 0.2) is 0 Å². The Bertz CT molecular complexity index is 61.3. The highest BCUT2D eigenvalue weighted by Gasteiger charge is 2.09. The van der Waals surface area contributed by atoms with Crippen molar-refractivity contribution < 1.29 is 4.48 Å². The summed E-state index contributed by atoms with van der Waals surface area (Å²) in [5.41, 5.74) is 0. The van der Waals surface area contributed by atoms with Gasteiger partial charge in [-0.1, -0.05) is 6.92 Å². The van der Waals surface area contributed by atoms with E-state index in [1.54, 1.807) is 0 Å². The SMILES string of the molecule is CCC[N+](C)(C)CNC. The molecule has 9 heavy (non-hydrogen) atoms. The van der Waals surface area contributed by atoms with Crippen molar-refractivity contribution in [3.8, 4) is 0 Å². The molecule has 0 aromatic rings. The maximum Gasteiger partial charge on any atom is 0.131 e. The number of nitrogens with one attached hydrogen (secondary N) is 1. The second-order valence-corrected chi connectivity index (χ2v) is 3.17. The minimum absolute atomic E-state index is 1.06. The first-order valence-electron chi connectivity index (χ1n) is 3.59. The highest BCUT2D eigenvalue weighted by Crippen LogP contribution is 1.94. The van der Waals surface area contributed by atoms with E-state index in [0.717, 1.165) is 11.2 Å². The van der Waals surface area contributed by atoms with Crippen LogP contribution in [0.1, 0.15) is 13.3 Å². The van der Waals surface area contributed by atoms with E-state index in [9.17, 15) is 0 Å². The molecule has 0 aliphatic rings. The summed E-state index contributed by atoms with van der Waals surface area (Å²) in [6.45, 7) is 4.53. The van der Waals surface area contributed by atoms with Gasteiger partial charge in [-0.25, -0.2) is 0 Å². The van der Waals surface area contributed by atoms with Gasteiger partial charge in [0.05, 0.1) is 20.6 Å². The Morgan fingerprint density at radius 1 is 1.33 bits per heavy atom. The van der Waals surface area contributed by atoms with Gasteiger partial charge in [-0.15, -0.1) is 0 Å². The fourth-order valence-corrected chi connectivity index (χ4v) is 1.11. The average Bonchev–Trinajstić information content (AvgIpc) is 1.64. The lowest BCUT2D eigenvalue weighted by atomic mass is 10.4. The lowest BCUT2D eigenvalue weighted by Crippen LogP contribution is -2.45. The fraction of sp³-hybridized carbons (Fsp3) is 1.00. The lowest BCUT2D eigenvalue weighted by Gasteiger charge is -2.28. The third-order valence-electron chi connectivity index (χ3n) is 1.42. The predicted molar refractivity (Wildman–Crippen MR) is 41.2 cm³/mol. The highest BCUT2D eigenvalue weighted by atomic mass is 15.4. The van der Waals surface area contributed by atoms with Gasteiger partial charge in [0.25, 0.3) is 0 Å². The van der Waals surface area contributed by atoms with Crippen LogP contribution in [0.5, 0.6) is 0 Å². The molecule has 0 radical (unpaired) electrons. The Labute approximate surface area is 58.4 Å². The van der Waals surface area contributed by atoms with Crippen molar-refractivity contribution in [2.75, 3.05) is 34.4 Å². The lowest BCUT2D eigenvalue weighted by molar-refractivity contribution is -0.892. The first-order valence-corrected chi connectivity index (χ1v) is 3.59. The number of nitrogens with zero attached hydrogens (tertiary/aromatic N) is 1. The Kier molecular flexibility index (Phi) is 3.82. The van der Waals surface area contributed by atoms with Crippen LogP contribution in [-0.4, -0.2) is 38.8 Å². The molecule has 1 N–H and O–H groups in total. The van der Waals surface area contributed by atoms with E-state index in [1.807, 2.05) is 7.05 Å². The molecule has 2 heteroatoms. The molecule has 0 saturated heterocycles. The summed E-state index contributed by atoms with van der Waals surface area (Å²) >= 11 is 0. The topological polar surface area (TPSA) is 12.0 Å². The second-order valence-electron chi connectivity index (χ2n) is 3.17. The monoisotopic (exact) mass is 131 g/mol. The molecule has 0 saturated carbocycles. The van der Waals surface area contributed by atoms with Crippen molar-refractivity contribution in [2.45, 2.75) is 13.3 Å². The van der Waals surface area contributed by atoms with E-state index in [-0.39, 0.29) is 0 Å². The van der Waals surface area contributed by atoms with Crippen LogP contribution in [0.3, 0.4) is 0 Å². The number of rotatable bonds is 4. The van der Waals surface area contributed by atoms with E-state index < -0.39 is 0 Å². The standard InChI is InChI=1S/C7H19N2/c1-5-6-9(3,4)7-8-2/h8H,5-7H2,1-4H3/q+1. The molecule has 0 aromatic carbocycles. The van der Waals surface area contributed by atoms with Crippen LogP contribution in [0.2, 0.25) is 0 Å². The summed E-state index contributed by atoms with van der Waals surface area (Å²) in [4.78, 5) is 0. The van der Waals surface area contributed by atoms with Crippen LogP contribution >= 0.6 is 0 Å². The molecule has 0 spiro atoms. The Hall–Kier alpha value is -0.0800. The van der Waals surface area contributed by atoms with Crippen LogP contribution in [0.4, 0.5) is 0 Å². The third kappa shape index (κ3) is 4.43. The largest absolute Gasteiger partial charge is 0.316 e. The number of hydrogen-bond donors (Lipinski definition) is 1. The summed E-state index contributed by atoms with van der Waals surface area (Å²) < 4.78 is 1.08. The molecular formula is C7H19N2+. The zero-order valence-electron chi connectivity index (χ0n) is 7.07. The summed E-state index contributed by atoms with van der Waals surface area (Å²) in [5.74, 6) is 0. The minimum Gasteiger partial charge on any atom is -0.316 e. The van der Waals surface area contributed by atoms with Crippen molar-refractivity contribution in [2.24, 2.45) is 0 Å². The predicted octanol–water partition coefficient (Wildman–Crippen LogP) is 0.650. The smallest absolute Gasteiger partial charge is 0.131 e. The van der Waals surface area contributed by atoms with Gasteiger partial charge in [-0.05, 0) is 13.5 Å². The van der Waals surface area contributed by atoms with Crippen molar-refractivity contribution >= 4 is 0 Å². The van der Waals surface area contributed by atoms with Gasteiger partial charge >= 0.3 is 0 Å². The van der Waals surface area contributed by atoms with Crippen LogP contribution in [0, 0.1) is 0 Å². The maximum atomic E-state index is 3.16. The number of hydrogen-bond acceptors (Lipinski definition) is 1. The Morgan fingerprint density at radius 3 is 2.22 bits per heavy atom. The van der Waals surface area contributed by atoms with Crippen molar-refractivity contribution in [3.63, 3.8) is 0 Å².